The van der Waals surface area contributed by atoms with Crippen LogP contribution in [0.2, 0.25) is 5.02 Å². The molecule has 0 bridgehead atoms. The largest absolute Gasteiger partial charge is 0.383 e. The number of halogens is 1. The molecule has 3 heterocycles. The van der Waals surface area contributed by atoms with Gasteiger partial charge in [-0.1, -0.05) is 38.4 Å². The number of hydrogen-bond acceptors (Lipinski definition) is 9. The molecule has 4 N–H and O–H groups in total. The Morgan fingerprint density at radius 2 is 2.05 bits per heavy atom. The molecule has 38 heavy (non-hydrogen) atoms. The molecule has 2 aromatic heterocycles. The predicted molar refractivity (Wildman–Crippen MR) is 154 cm³/mol. The average molecular weight is 532 g/mol. The van der Waals surface area contributed by atoms with Crippen molar-refractivity contribution in [3.8, 4) is 6.07 Å². The van der Waals surface area contributed by atoms with Gasteiger partial charge in [0.2, 0.25) is 0 Å². The van der Waals surface area contributed by atoms with Gasteiger partial charge in [0.15, 0.2) is 0 Å². The Morgan fingerprint density at radius 3 is 2.74 bits per heavy atom. The topological polar surface area (TPSA) is 104 Å². The molecule has 5 rings (SSSR count). The van der Waals surface area contributed by atoms with E-state index in [9.17, 15) is 5.26 Å². The molecule has 0 spiro atoms. The molecule has 1 aliphatic carbocycles. The van der Waals surface area contributed by atoms with Crippen molar-refractivity contribution >= 4 is 39.7 Å². The van der Waals surface area contributed by atoms with E-state index in [1.165, 1.54) is 12.8 Å². The lowest BCUT2D eigenvalue weighted by Crippen LogP contribution is -2.38. The fourth-order valence-electron chi connectivity index (χ4n) is 4.51. The third kappa shape index (κ3) is 5.42. The van der Waals surface area contributed by atoms with E-state index in [-0.39, 0.29) is 11.5 Å². The molecule has 1 aliphatic heterocycles. The maximum atomic E-state index is 9.82. The lowest BCUT2D eigenvalue weighted by molar-refractivity contribution is 0.260. The molecule has 0 radical (unpaired) electrons. The van der Waals surface area contributed by atoms with Crippen LogP contribution in [0.3, 0.4) is 0 Å². The van der Waals surface area contributed by atoms with E-state index < -0.39 is 0 Å². The summed E-state index contributed by atoms with van der Waals surface area (Å²) < 4.78 is 0. The summed E-state index contributed by atoms with van der Waals surface area (Å²) in [5, 5.41) is 20.4. The summed E-state index contributed by atoms with van der Waals surface area (Å²) in [4.78, 5) is 11.2. The quantitative estimate of drug-likeness (QED) is 0.313. The van der Waals surface area contributed by atoms with Crippen molar-refractivity contribution < 1.29 is 0 Å². The molecule has 9 nitrogen and oxygen atoms in total. The zero-order chi connectivity index (χ0) is 27.0. The zero-order valence-corrected chi connectivity index (χ0v) is 23.2. The maximum Gasteiger partial charge on any atom is 0.133 e. The van der Waals surface area contributed by atoms with Gasteiger partial charge in [0.05, 0.1) is 33.5 Å². The number of nitriles is 1. The van der Waals surface area contributed by atoms with Crippen LogP contribution in [-0.4, -0.2) is 41.7 Å². The molecular formula is C28H34ClN9. The summed E-state index contributed by atoms with van der Waals surface area (Å²) in [6.45, 7) is 7.15. The zero-order valence-electron chi connectivity index (χ0n) is 22.4. The Hall–Kier alpha value is -3.74. The number of hydrazine groups is 2. The lowest BCUT2D eigenvalue weighted by Gasteiger charge is -2.26. The van der Waals surface area contributed by atoms with Crippen molar-refractivity contribution in [2.45, 2.75) is 45.7 Å². The van der Waals surface area contributed by atoms with Gasteiger partial charge in [0.1, 0.15) is 11.9 Å². The highest BCUT2D eigenvalue weighted by Gasteiger charge is 2.33. The van der Waals surface area contributed by atoms with Crippen molar-refractivity contribution in [3.05, 3.63) is 64.7 Å². The predicted octanol–water partition coefficient (Wildman–Crippen LogP) is 5.16. The van der Waals surface area contributed by atoms with Gasteiger partial charge < -0.3 is 21.0 Å². The van der Waals surface area contributed by atoms with Gasteiger partial charge in [-0.25, -0.2) is 4.98 Å². The van der Waals surface area contributed by atoms with Crippen LogP contribution in [0.4, 0.5) is 17.2 Å². The number of rotatable bonds is 8. The first-order valence-corrected chi connectivity index (χ1v) is 13.2. The van der Waals surface area contributed by atoms with E-state index in [1.807, 2.05) is 37.2 Å². The minimum Gasteiger partial charge on any atom is -0.383 e. The smallest absolute Gasteiger partial charge is 0.133 e. The molecule has 198 valence electrons. The summed E-state index contributed by atoms with van der Waals surface area (Å²) in [5.74, 6) is 0.866. The van der Waals surface area contributed by atoms with E-state index in [0.717, 1.165) is 33.8 Å². The molecule has 1 unspecified atom stereocenters. The normalized spacial score (nSPS) is 16.0. The van der Waals surface area contributed by atoms with Crippen molar-refractivity contribution in [3.63, 3.8) is 0 Å². The molecule has 1 atom stereocenters. The van der Waals surface area contributed by atoms with Gasteiger partial charge in [-0.05, 0) is 36.5 Å². The standard InChI is InChI=1S/C28H34ClN9/c1-28(2,3)16-33-24-17(13-30)14-32-25-21(24)11-18(12-22(25)29)34-26(20-7-6-10-31-27(20)37(4)5)23-15-38(36-35-23)19-8-9-19/h6-7,10-12,14-15,19,26,34-36H,8-9,16H2,1-5H3,(H,32,33). The van der Waals surface area contributed by atoms with Gasteiger partial charge in [-0.3, -0.25) is 9.99 Å². The number of hydrogen-bond donors (Lipinski definition) is 4. The number of nitrogens with zero attached hydrogens (tertiary/aromatic N) is 5. The number of nitrogens with one attached hydrogen (secondary N) is 4. The second-order valence-electron chi connectivity index (χ2n) is 11.3. The van der Waals surface area contributed by atoms with Crippen molar-refractivity contribution in [2.75, 3.05) is 36.2 Å². The van der Waals surface area contributed by atoms with Crippen LogP contribution in [0.25, 0.3) is 10.9 Å². The first kappa shape index (κ1) is 25.9. The van der Waals surface area contributed by atoms with Crippen LogP contribution >= 0.6 is 11.6 Å². The maximum absolute atomic E-state index is 9.82. The highest BCUT2D eigenvalue weighted by molar-refractivity contribution is 6.35. The van der Waals surface area contributed by atoms with E-state index in [0.29, 0.717) is 28.7 Å². The number of fused-ring (bicyclic) bond motifs is 1. The summed E-state index contributed by atoms with van der Waals surface area (Å²) in [6.07, 6.45) is 7.85. The third-order valence-electron chi connectivity index (χ3n) is 6.56. The minimum atomic E-state index is -0.246. The average Bonchev–Trinajstić information content (AvgIpc) is 3.62. The fraction of sp³-hybridized carbons (Fsp3) is 0.393. The molecule has 0 amide bonds. The molecule has 0 saturated heterocycles. The first-order valence-electron chi connectivity index (χ1n) is 12.8. The van der Waals surface area contributed by atoms with Crippen LogP contribution in [0, 0.1) is 16.7 Å². The Morgan fingerprint density at radius 1 is 1.26 bits per heavy atom. The summed E-state index contributed by atoms with van der Waals surface area (Å²) in [7, 11) is 3.98. The highest BCUT2D eigenvalue weighted by Crippen LogP contribution is 2.38. The second-order valence-corrected chi connectivity index (χ2v) is 11.7. The third-order valence-corrected chi connectivity index (χ3v) is 6.85. The van der Waals surface area contributed by atoms with Crippen LogP contribution in [0.15, 0.2) is 48.6 Å². The summed E-state index contributed by atoms with van der Waals surface area (Å²) >= 11 is 6.78. The van der Waals surface area contributed by atoms with Gasteiger partial charge >= 0.3 is 0 Å². The monoisotopic (exact) mass is 531 g/mol. The van der Waals surface area contributed by atoms with Gasteiger partial charge in [-0.2, -0.15) is 5.26 Å². The molecule has 1 fully saturated rings. The summed E-state index contributed by atoms with van der Waals surface area (Å²) in [5.41, 5.74) is 11.3. The Bertz CT molecular complexity index is 1420. The molecule has 1 aromatic carbocycles. The number of anilines is 3. The van der Waals surface area contributed by atoms with Gasteiger partial charge in [0.25, 0.3) is 0 Å². The SMILES string of the molecule is CN(C)c1ncccc1C(Nc1cc(Cl)c2ncc(C#N)c(NCC(C)(C)C)c2c1)C1=CN(C2CC2)NN1. The van der Waals surface area contributed by atoms with Crippen LogP contribution in [-0.2, 0) is 0 Å². The van der Waals surface area contributed by atoms with Crippen molar-refractivity contribution in [2.24, 2.45) is 5.41 Å². The molecule has 2 aliphatic rings. The lowest BCUT2D eigenvalue weighted by atomic mass is 9.96. The molecule has 10 heteroatoms. The van der Waals surface area contributed by atoms with Gasteiger partial charge in [0, 0.05) is 61.9 Å². The van der Waals surface area contributed by atoms with Crippen LogP contribution < -0.4 is 26.5 Å². The number of aromatic nitrogens is 2. The Balaban J connectivity index is 1.59. The highest BCUT2D eigenvalue weighted by atomic mass is 35.5. The summed E-state index contributed by atoms with van der Waals surface area (Å²) in [6, 6.07) is 10.5. The fourth-order valence-corrected chi connectivity index (χ4v) is 4.78. The van der Waals surface area contributed by atoms with E-state index in [4.69, 9.17) is 11.6 Å². The number of pyridine rings is 2. The Labute approximate surface area is 228 Å². The van der Waals surface area contributed by atoms with E-state index in [1.54, 1.807) is 12.4 Å². The van der Waals surface area contributed by atoms with Crippen molar-refractivity contribution in [1.29, 1.82) is 5.26 Å². The molecular weight excluding hydrogens is 498 g/mol. The van der Waals surface area contributed by atoms with E-state index in [2.05, 4.69) is 75.7 Å². The Kier molecular flexibility index (Phi) is 6.95. The molecule has 1 saturated carbocycles. The number of benzene rings is 1. The second kappa shape index (κ2) is 10.2. The van der Waals surface area contributed by atoms with Crippen LogP contribution in [0.5, 0.6) is 0 Å². The van der Waals surface area contributed by atoms with Gasteiger partial charge in [-0.15, -0.1) is 5.53 Å². The first-order chi connectivity index (χ1) is 18.1. The van der Waals surface area contributed by atoms with Crippen LogP contribution in [0.1, 0.15) is 50.8 Å². The van der Waals surface area contributed by atoms with E-state index >= 15 is 0 Å². The minimum absolute atomic E-state index is 0.0248. The van der Waals surface area contributed by atoms with Crippen molar-refractivity contribution in [1.82, 2.24) is 25.9 Å². The molecule has 3 aromatic rings.